The Labute approximate surface area is 127 Å². The third kappa shape index (κ3) is 3.15. The van der Waals surface area contributed by atoms with Crippen LogP contribution in [-0.4, -0.2) is 34.3 Å². The van der Waals surface area contributed by atoms with Crippen molar-refractivity contribution in [1.82, 2.24) is 20.6 Å². The largest absolute Gasteiger partial charge is 0.368 e. The molecule has 1 unspecified atom stereocenters. The first-order chi connectivity index (χ1) is 10.7. The highest BCUT2D eigenvalue weighted by molar-refractivity contribution is 5.95. The van der Waals surface area contributed by atoms with E-state index >= 15 is 0 Å². The van der Waals surface area contributed by atoms with Crippen LogP contribution in [0.1, 0.15) is 23.2 Å². The molecule has 1 atom stereocenters. The van der Waals surface area contributed by atoms with Crippen LogP contribution in [0, 0.1) is 0 Å². The van der Waals surface area contributed by atoms with Crippen molar-refractivity contribution in [3.63, 3.8) is 0 Å². The maximum absolute atomic E-state index is 12.0. The number of carbonyl (C=O) groups excluding carboxylic acids is 2. The van der Waals surface area contributed by atoms with Gasteiger partial charge in [-0.2, -0.15) is 5.10 Å². The number of rotatable bonds is 3. The quantitative estimate of drug-likeness (QED) is 0.822. The van der Waals surface area contributed by atoms with Gasteiger partial charge in [-0.15, -0.1) is 0 Å². The number of benzene rings is 1. The van der Waals surface area contributed by atoms with Crippen LogP contribution in [-0.2, 0) is 9.53 Å². The van der Waals surface area contributed by atoms with Gasteiger partial charge >= 0.3 is 0 Å². The van der Waals surface area contributed by atoms with E-state index in [1.54, 1.807) is 35.1 Å². The van der Waals surface area contributed by atoms with Crippen molar-refractivity contribution in [3.05, 3.63) is 48.3 Å². The number of aromatic nitrogens is 2. The molecule has 0 radical (unpaired) electrons. The molecule has 3 rings (SSSR count). The van der Waals surface area contributed by atoms with Crippen LogP contribution in [0.25, 0.3) is 5.69 Å². The number of nitrogens with one attached hydrogen (secondary N) is 2. The Kier molecular flexibility index (Phi) is 4.15. The van der Waals surface area contributed by atoms with Gasteiger partial charge in [0.1, 0.15) is 6.10 Å². The van der Waals surface area contributed by atoms with E-state index < -0.39 is 6.10 Å². The minimum Gasteiger partial charge on any atom is -0.368 e. The molecule has 0 saturated carbocycles. The Morgan fingerprint density at radius 1 is 1.23 bits per heavy atom. The molecular weight excluding hydrogens is 284 g/mol. The highest BCUT2D eigenvalue weighted by Crippen LogP contribution is 2.11. The molecule has 22 heavy (non-hydrogen) atoms. The summed E-state index contributed by atoms with van der Waals surface area (Å²) in [5.74, 6) is -0.697. The summed E-state index contributed by atoms with van der Waals surface area (Å²) < 4.78 is 6.93. The van der Waals surface area contributed by atoms with Crippen molar-refractivity contribution >= 4 is 11.8 Å². The van der Waals surface area contributed by atoms with E-state index in [0.717, 1.165) is 12.1 Å². The topological polar surface area (TPSA) is 85.3 Å². The molecule has 2 heterocycles. The maximum Gasteiger partial charge on any atom is 0.269 e. The van der Waals surface area contributed by atoms with Gasteiger partial charge in [-0.1, -0.05) is 0 Å². The molecule has 1 aliphatic rings. The van der Waals surface area contributed by atoms with Gasteiger partial charge in [0.05, 0.1) is 5.69 Å². The van der Waals surface area contributed by atoms with E-state index in [0.29, 0.717) is 18.6 Å². The van der Waals surface area contributed by atoms with Gasteiger partial charge in [0.25, 0.3) is 11.8 Å². The molecule has 1 saturated heterocycles. The van der Waals surface area contributed by atoms with Crippen LogP contribution in [0.3, 0.4) is 0 Å². The third-order valence-corrected chi connectivity index (χ3v) is 3.42. The van der Waals surface area contributed by atoms with E-state index in [1.165, 1.54) is 0 Å². The van der Waals surface area contributed by atoms with Crippen LogP contribution in [0.5, 0.6) is 0 Å². The van der Waals surface area contributed by atoms with E-state index in [1.807, 2.05) is 12.3 Å². The van der Waals surface area contributed by atoms with E-state index in [2.05, 4.69) is 16.0 Å². The van der Waals surface area contributed by atoms with Crippen LogP contribution < -0.4 is 10.9 Å². The van der Waals surface area contributed by atoms with Gasteiger partial charge in [0.15, 0.2) is 0 Å². The highest BCUT2D eigenvalue weighted by atomic mass is 16.5. The molecule has 114 valence electrons. The summed E-state index contributed by atoms with van der Waals surface area (Å²) in [6, 6.07) is 8.73. The lowest BCUT2D eigenvalue weighted by molar-refractivity contribution is -0.130. The Balaban J connectivity index is 1.57. The monoisotopic (exact) mass is 300 g/mol. The summed E-state index contributed by atoms with van der Waals surface area (Å²) in [4.78, 5) is 23.7. The van der Waals surface area contributed by atoms with E-state index in [-0.39, 0.29) is 11.8 Å². The SMILES string of the molecule is O=C(NNC(=O)C1CCCO1)c1ccc(-n2cccn2)cc1. The second-order valence-electron chi connectivity index (χ2n) is 4.94. The zero-order valence-corrected chi connectivity index (χ0v) is 11.9. The fourth-order valence-electron chi connectivity index (χ4n) is 2.24. The van der Waals surface area contributed by atoms with E-state index in [4.69, 9.17) is 4.74 Å². The van der Waals surface area contributed by atoms with Gasteiger partial charge < -0.3 is 4.74 Å². The molecule has 0 aliphatic carbocycles. The molecule has 2 amide bonds. The number of nitrogens with zero attached hydrogens (tertiary/aromatic N) is 2. The summed E-state index contributed by atoms with van der Waals surface area (Å²) in [7, 11) is 0. The van der Waals surface area contributed by atoms with Crippen molar-refractivity contribution in [2.24, 2.45) is 0 Å². The summed E-state index contributed by atoms with van der Waals surface area (Å²) in [6.07, 6.45) is 4.57. The maximum atomic E-state index is 12.0. The number of ether oxygens (including phenoxy) is 1. The molecule has 1 aliphatic heterocycles. The van der Waals surface area contributed by atoms with Gasteiger partial charge in [0, 0.05) is 24.6 Å². The van der Waals surface area contributed by atoms with Crippen molar-refractivity contribution < 1.29 is 14.3 Å². The number of hydrogen-bond acceptors (Lipinski definition) is 4. The molecular formula is C15H16N4O3. The van der Waals surface area contributed by atoms with Crippen LogP contribution in [0.4, 0.5) is 0 Å². The second-order valence-corrected chi connectivity index (χ2v) is 4.94. The zero-order chi connectivity index (χ0) is 15.4. The smallest absolute Gasteiger partial charge is 0.269 e. The number of hydrazine groups is 1. The average molecular weight is 300 g/mol. The zero-order valence-electron chi connectivity index (χ0n) is 11.9. The molecule has 2 aromatic rings. The first-order valence-corrected chi connectivity index (χ1v) is 7.06. The van der Waals surface area contributed by atoms with Crippen LogP contribution in [0.2, 0.25) is 0 Å². The summed E-state index contributed by atoms with van der Waals surface area (Å²) in [5.41, 5.74) is 6.07. The second kappa shape index (κ2) is 6.40. The fraction of sp³-hybridized carbons (Fsp3) is 0.267. The van der Waals surface area contributed by atoms with Crippen molar-refractivity contribution in [2.75, 3.05) is 6.61 Å². The summed E-state index contributed by atoms with van der Waals surface area (Å²) in [6.45, 7) is 0.584. The molecule has 0 spiro atoms. The lowest BCUT2D eigenvalue weighted by Gasteiger charge is -2.11. The minimum absolute atomic E-state index is 0.320. The Bertz CT molecular complexity index is 646. The Hall–Kier alpha value is -2.67. The third-order valence-electron chi connectivity index (χ3n) is 3.42. The molecule has 1 fully saturated rings. The molecule has 2 N–H and O–H groups in total. The molecule has 1 aromatic heterocycles. The van der Waals surface area contributed by atoms with Gasteiger partial charge in [-0.3, -0.25) is 20.4 Å². The van der Waals surface area contributed by atoms with Crippen LogP contribution >= 0.6 is 0 Å². The standard InChI is InChI=1S/C15H16N4O3/c20-14(17-18-15(21)13-3-1-10-22-13)11-4-6-12(7-5-11)19-9-2-8-16-19/h2,4-9,13H,1,3,10H2,(H,17,20)(H,18,21). The average Bonchev–Trinajstić information content (AvgIpc) is 3.25. The number of amides is 2. The lowest BCUT2D eigenvalue weighted by Crippen LogP contribution is -2.46. The van der Waals surface area contributed by atoms with Gasteiger partial charge in [-0.25, -0.2) is 4.68 Å². The summed E-state index contributed by atoms with van der Waals surface area (Å²) >= 11 is 0. The van der Waals surface area contributed by atoms with Crippen LogP contribution in [0.15, 0.2) is 42.7 Å². The molecule has 0 bridgehead atoms. The predicted molar refractivity (Wildman–Crippen MR) is 78.1 cm³/mol. The number of carbonyl (C=O) groups is 2. The molecule has 1 aromatic carbocycles. The highest BCUT2D eigenvalue weighted by Gasteiger charge is 2.23. The Morgan fingerprint density at radius 3 is 2.68 bits per heavy atom. The first-order valence-electron chi connectivity index (χ1n) is 7.06. The van der Waals surface area contributed by atoms with Gasteiger partial charge in [-0.05, 0) is 43.2 Å². The van der Waals surface area contributed by atoms with Crippen molar-refractivity contribution in [2.45, 2.75) is 18.9 Å². The van der Waals surface area contributed by atoms with E-state index in [9.17, 15) is 9.59 Å². The number of hydrogen-bond donors (Lipinski definition) is 2. The predicted octanol–water partition coefficient (Wildman–Crippen LogP) is 0.812. The summed E-state index contributed by atoms with van der Waals surface area (Å²) in [5, 5.41) is 4.11. The van der Waals surface area contributed by atoms with Crippen molar-refractivity contribution in [1.29, 1.82) is 0 Å². The fourth-order valence-corrected chi connectivity index (χ4v) is 2.24. The minimum atomic E-state index is -0.470. The first kappa shape index (κ1) is 14.3. The van der Waals surface area contributed by atoms with Crippen molar-refractivity contribution in [3.8, 4) is 5.69 Å². The van der Waals surface area contributed by atoms with Gasteiger partial charge in [0.2, 0.25) is 0 Å². The Morgan fingerprint density at radius 2 is 2.05 bits per heavy atom. The normalized spacial score (nSPS) is 17.2. The lowest BCUT2D eigenvalue weighted by atomic mass is 10.2. The molecule has 7 nitrogen and oxygen atoms in total. The molecule has 7 heteroatoms.